The molecule has 1 N–H and O–H groups in total. The average molecular weight is 635 g/mol. The molecule has 0 radical (unpaired) electrons. The number of aliphatic hydroxyl groups is 1. The number of hydrogen-bond donors (Lipinski definition) is 1. The van der Waals surface area contributed by atoms with E-state index in [-0.39, 0.29) is 5.97 Å². The molecule has 0 saturated carbocycles. The molecule has 0 unspecified atom stereocenters. The summed E-state index contributed by atoms with van der Waals surface area (Å²) in [5.74, 6) is 0.0188. The number of carbonyl (C=O) groups excluding carboxylic acids is 1. The summed E-state index contributed by atoms with van der Waals surface area (Å²) in [5.41, 5.74) is 0. The van der Waals surface area contributed by atoms with Crippen LogP contribution in [0.3, 0.4) is 0 Å². The highest BCUT2D eigenvalue weighted by Gasteiger charge is 2.03. The highest BCUT2D eigenvalue weighted by molar-refractivity contribution is 5.69. The van der Waals surface area contributed by atoms with Crippen LogP contribution in [0.25, 0.3) is 0 Å². The van der Waals surface area contributed by atoms with Crippen molar-refractivity contribution in [1.82, 2.24) is 0 Å². The molecule has 0 aromatic heterocycles. The maximum atomic E-state index is 12.0. The number of aliphatic hydroxyl groups excluding tert-OH is 1. The van der Waals surface area contributed by atoms with Crippen molar-refractivity contribution >= 4 is 5.97 Å². The number of rotatable bonds is 39. The second-order valence-electron chi connectivity index (χ2n) is 14.1. The standard InChI is InChI=1S/C42H82O3/c1-2-3-4-5-6-7-8-9-10-11-12-15-18-21-24-27-30-33-36-39-42(44)45-41-38-35-32-29-26-23-20-17-14-13-16-19-22-25-28-31-34-37-40-43/h9-10,43H,2-8,11-41H2,1H3. The van der Waals surface area contributed by atoms with E-state index < -0.39 is 0 Å². The highest BCUT2D eigenvalue weighted by atomic mass is 16.5. The Morgan fingerprint density at radius 2 is 0.733 bits per heavy atom. The van der Waals surface area contributed by atoms with Crippen molar-refractivity contribution in [3.63, 3.8) is 0 Å². The number of unbranched alkanes of at least 4 members (excludes halogenated alkanes) is 32. The number of hydrogen-bond acceptors (Lipinski definition) is 3. The molecule has 3 heteroatoms. The Labute approximate surface area is 283 Å². The SMILES string of the molecule is CCCCCCCCC=CCCCCCCCCCCCC(=O)OCCCCCCCCCCCCCCCCCCCCO. The zero-order valence-corrected chi connectivity index (χ0v) is 30.8. The summed E-state index contributed by atoms with van der Waals surface area (Å²) < 4.78 is 5.46. The Morgan fingerprint density at radius 3 is 1.11 bits per heavy atom. The van der Waals surface area contributed by atoms with Crippen LogP contribution in [0.15, 0.2) is 12.2 Å². The van der Waals surface area contributed by atoms with Crippen LogP contribution in [-0.2, 0) is 9.53 Å². The molecule has 0 aromatic carbocycles. The smallest absolute Gasteiger partial charge is 0.305 e. The van der Waals surface area contributed by atoms with Crippen molar-refractivity contribution in [1.29, 1.82) is 0 Å². The summed E-state index contributed by atoms with van der Waals surface area (Å²) in [6.45, 7) is 3.27. The lowest BCUT2D eigenvalue weighted by Crippen LogP contribution is -2.05. The first kappa shape index (κ1) is 44.2. The van der Waals surface area contributed by atoms with Crippen LogP contribution >= 0.6 is 0 Å². The summed E-state index contributed by atoms with van der Waals surface area (Å²) in [4.78, 5) is 12.0. The van der Waals surface area contributed by atoms with Crippen LogP contribution in [0, 0.1) is 0 Å². The van der Waals surface area contributed by atoms with E-state index in [9.17, 15) is 4.79 Å². The Morgan fingerprint density at radius 1 is 0.422 bits per heavy atom. The van der Waals surface area contributed by atoms with Crippen molar-refractivity contribution in [3.05, 3.63) is 12.2 Å². The van der Waals surface area contributed by atoms with Gasteiger partial charge < -0.3 is 9.84 Å². The van der Waals surface area contributed by atoms with Crippen molar-refractivity contribution in [2.75, 3.05) is 13.2 Å². The minimum atomic E-state index is 0.0188. The van der Waals surface area contributed by atoms with E-state index in [2.05, 4.69) is 19.1 Å². The Kier molecular flexibility index (Phi) is 40.4. The van der Waals surface area contributed by atoms with E-state index in [0.717, 1.165) is 19.3 Å². The maximum absolute atomic E-state index is 12.0. The lowest BCUT2D eigenvalue weighted by atomic mass is 10.0. The van der Waals surface area contributed by atoms with Gasteiger partial charge >= 0.3 is 5.97 Å². The first-order chi connectivity index (χ1) is 22.3. The molecule has 0 atom stereocenters. The van der Waals surface area contributed by atoms with E-state index in [1.54, 1.807) is 0 Å². The Balaban J connectivity index is 3.17. The topological polar surface area (TPSA) is 46.5 Å². The zero-order chi connectivity index (χ0) is 32.6. The molecule has 0 rings (SSSR count). The normalized spacial score (nSPS) is 11.6. The van der Waals surface area contributed by atoms with Crippen LogP contribution in [0.1, 0.15) is 238 Å². The molecule has 0 aliphatic rings. The molecular formula is C42H82O3. The first-order valence-electron chi connectivity index (χ1n) is 20.7. The van der Waals surface area contributed by atoms with Gasteiger partial charge in [0.05, 0.1) is 6.61 Å². The lowest BCUT2D eigenvalue weighted by molar-refractivity contribution is -0.143. The Bertz CT molecular complexity index is 572. The van der Waals surface area contributed by atoms with Crippen molar-refractivity contribution in [2.45, 2.75) is 238 Å². The maximum Gasteiger partial charge on any atom is 0.305 e. The van der Waals surface area contributed by atoms with E-state index in [1.807, 2.05) is 0 Å². The summed E-state index contributed by atoms with van der Waals surface area (Å²) in [6, 6.07) is 0. The predicted octanol–water partition coefficient (Wildman–Crippen LogP) is 14.1. The van der Waals surface area contributed by atoms with Crippen molar-refractivity contribution < 1.29 is 14.6 Å². The molecule has 0 aliphatic heterocycles. The molecule has 0 bridgehead atoms. The molecule has 0 fully saturated rings. The van der Waals surface area contributed by atoms with Gasteiger partial charge in [0.1, 0.15) is 0 Å². The third-order valence-corrected chi connectivity index (χ3v) is 9.46. The van der Waals surface area contributed by atoms with Gasteiger partial charge in [-0.15, -0.1) is 0 Å². The highest BCUT2D eigenvalue weighted by Crippen LogP contribution is 2.15. The lowest BCUT2D eigenvalue weighted by Gasteiger charge is -2.06. The van der Waals surface area contributed by atoms with Gasteiger partial charge in [-0.3, -0.25) is 4.79 Å². The summed E-state index contributed by atoms with van der Waals surface area (Å²) in [5, 5.41) is 8.79. The molecular weight excluding hydrogens is 552 g/mol. The van der Waals surface area contributed by atoms with Crippen molar-refractivity contribution in [2.24, 2.45) is 0 Å². The molecule has 0 aliphatic carbocycles. The summed E-state index contributed by atoms with van der Waals surface area (Å²) in [6.07, 6.45) is 51.6. The molecule has 0 saturated heterocycles. The van der Waals surface area contributed by atoms with Gasteiger partial charge in [-0.1, -0.05) is 199 Å². The third kappa shape index (κ3) is 41.1. The van der Waals surface area contributed by atoms with Gasteiger partial charge in [-0.2, -0.15) is 0 Å². The molecule has 3 nitrogen and oxygen atoms in total. The average Bonchev–Trinajstić information content (AvgIpc) is 3.05. The van der Waals surface area contributed by atoms with Gasteiger partial charge in [0.25, 0.3) is 0 Å². The molecule has 0 amide bonds. The van der Waals surface area contributed by atoms with Gasteiger partial charge in [-0.05, 0) is 44.9 Å². The van der Waals surface area contributed by atoms with Crippen LogP contribution in [0.5, 0.6) is 0 Å². The quantitative estimate of drug-likeness (QED) is 0.0416. The van der Waals surface area contributed by atoms with Gasteiger partial charge in [0.2, 0.25) is 0 Å². The minimum absolute atomic E-state index is 0.0188. The second kappa shape index (κ2) is 41.2. The van der Waals surface area contributed by atoms with Crippen LogP contribution in [0.4, 0.5) is 0 Å². The third-order valence-electron chi connectivity index (χ3n) is 9.46. The number of esters is 1. The fourth-order valence-corrected chi connectivity index (χ4v) is 6.35. The number of allylic oxidation sites excluding steroid dienone is 2. The van der Waals surface area contributed by atoms with Gasteiger partial charge in [0.15, 0.2) is 0 Å². The fourth-order valence-electron chi connectivity index (χ4n) is 6.35. The molecule has 0 aromatic rings. The van der Waals surface area contributed by atoms with Gasteiger partial charge in [0, 0.05) is 13.0 Å². The summed E-state index contributed by atoms with van der Waals surface area (Å²) >= 11 is 0. The van der Waals surface area contributed by atoms with E-state index in [1.165, 1.54) is 205 Å². The van der Waals surface area contributed by atoms with E-state index in [0.29, 0.717) is 19.6 Å². The van der Waals surface area contributed by atoms with Crippen LogP contribution < -0.4 is 0 Å². The first-order valence-corrected chi connectivity index (χ1v) is 20.7. The second-order valence-corrected chi connectivity index (χ2v) is 14.1. The molecule has 0 spiro atoms. The van der Waals surface area contributed by atoms with Gasteiger partial charge in [-0.25, -0.2) is 0 Å². The number of ether oxygens (including phenoxy) is 1. The number of carbonyl (C=O) groups is 1. The minimum Gasteiger partial charge on any atom is -0.466 e. The monoisotopic (exact) mass is 635 g/mol. The molecule has 0 heterocycles. The van der Waals surface area contributed by atoms with Crippen molar-refractivity contribution in [3.8, 4) is 0 Å². The van der Waals surface area contributed by atoms with E-state index >= 15 is 0 Å². The van der Waals surface area contributed by atoms with Crippen LogP contribution in [-0.4, -0.2) is 24.3 Å². The largest absolute Gasteiger partial charge is 0.466 e. The summed E-state index contributed by atoms with van der Waals surface area (Å²) in [7, 11) is 0. The molecule has 268 valence electrons. The molecule has 45 heavy (non-hydrogen) atoms. The fraction of sp³-hybridized carbons (Fsp3) is 0.929. The van der Waals surface area contributed by atoms with Crippen LogP contribution in [0.2, 0.25) is 0 Å². The zero-order valence-electron chi connectivity index (χ0n) is 30.8. The predicted molar refractivity (Wildman–Crippen MR) is 199 cm³/mol. The Hall–Kier alpha value is -0.830. The van der Waals surface area contributed by atoms with E-state index in [4.69, 9.17) is 9.84 Å².